The van der Waals surface area contributed by atoms with E-state index in [1.54, 1.807) is 18.2 Å². The van der Waals surface area contributed by atoms with E-state index >= 15 is 0 Å². The fourth-order valence-corrected chi connectivity index (χ4v) is 2.70. The van der Waals surface area contributed by atoms with Crippen LogP contribution in [0.15, 0.2) is 63.8 Å². The number of pyridine rings is 1. The van der Waals surface area contributed by atoms with Crippen LogP contribution in [-0.2, 0) is 9.84 Å². The van der Waals surface area contributed by atoms with Crippen molar-refractivity contribution >= 4 is 15.5 Å². The smallest absolute Gasteiger partial charge is 0.226 e. The molecule has 17 heavy (non-hydrogen) atoms. The number of nitroso groups, excluding NO2 is 1. The number of hydrogen-bond acceptors (Lipinski definition) is 5. The zero-order valence-electron chi connectivity index (χ0n) is 8.65. The number of nitrogens with zero attached hydrogens (tertiary/aromatic N) is 2. The van der Waals surface area contributed by atoms with Gasteiger partial charge in [0, 0.05) is 6.20 Å². The van der Waals surface area contributed by atoms with Crippen LogP contribution in [0, 0.1) is 4.91 Å². The Bertz CT molecular complexity index is 639. The number of benzene rings is 1. The third-order valence-electron chi connectivity index (χ3n) is 2.17. The minimum Gasteiger partial charge on any atom is -0.244 e. The van der Waals surface area contributed by atoms with E-state index in [1.165, 1.54) is 30.5 Å². The molecular weight excluding hydrogens is 240 g/mol. The van der Waals surface area contributed by atoms with Crippen molar-refractivity contribution in [3.8, 4) is 0 Å². The molecule has 0 spiro atoms. The highest BCUT2D eigenvalue weighted by atomic mass is 32.2. The predicted molar refractivity (Wildman–Crippen MR) is 61.6 cm³/mol. The first-order chi connectivity index (χ1) is 8.16. The van der Waals surface area contributed by atoms with Gasteiger partial charge in [-0.05, 0) is 29.4 Å². The number of aromatic nitrogens is 1. The second-order valence-corrected chi connectivity index (χ2v) is 5.10. The summed E-state index contributed by atoms with van der Waals surface area (Å²) in [6.07, 6.45) is 1.38. The maximum absolute atomic E-state index is 12.2. The molecule has 0 bridgehead atoms. The monoisotopic (exact) mass is 248 g/mol. The Balaban J connectivity index is 2.65. The lowest BCUT2D eigenvalue weighted by Gasteiger charge is -2.04. The van der Waals surface area contributed by atoms with Crippen molar-refractivity contribution in [2.75, 3.05) is 0 Å². The molecule has 1 aromatic carbocycles. The lowest BCUT2D eigenvalue weighted by molar-refractivity contribution is 0.592. The van der Waals surface area contributed by atoms with Crippen molar-refractivity contribution in [2.45, 2.75) is 9.92 Å². The maximum atomic E-state index is 12.2. The molecule has 1 aromatic heterocycles. The van der Waals surface area contributed by atoms with Crippen molar-refractivity contribution in [3.63, 3.8) is 0 Å². The maximum Gasteiger partial charge on any atom is 0.226 e. The van der Waals surface area contributed by atoms with Gasteiger partial charge in [0.1, 0.15) is 10.6 Å². The van der Waals surface area contributed by atoms with E-state index < -0.39 is 9.84 Å². The summed E-state index contributed by atoms with van der Waals surface area (Å²) in [7, 11) is -3.79. The van der Waals surface area contributed by atoms with E-state index in [-0.39, 0.29) is 15.6 Å². The second kappa shape index (κ2) is 4.42. The van der Waals surface area contributed by atoms with Crippen LogP contribution in [0.2, 0.25) is 0 Å². The van der Waals surface area contributed by atoms with E-state index in [2.05, 4.69) is 10.2 Å². The standard InChI is InChI=1S/C11H8N2O3S/c14-13-9-5-1-2-6-10(9)17(15,16)11-7-3-4-8-12-11/h1-8H. The summed E-state index contributed by atoms with van der Waals surface area (Å²) >= 11 is 0. The Morgan fingerprint density at radius 1 is 1.00 bits per heavy atom. The Morgan fingerprint density at radius 2 is 1.71 bits per heavy atom. The van der Waals surface area contributed by atoms with Gasteiger partial charge in [-0.15, -0.1) is 4.91 Å². The van der Waals surface area contributed by atoms with Gasteiger partial charge in [-0.25, -0.2) is 13.4 Å². The summed E-state index contributed by atoms with van der Waals surface area (Å²) < 4.78 is 24.3. The van der Waals surface area contributed by atoms with Crippen LogP contribution in [0.5, 0.6) is 0 Å². The molecule has 0 saturated heterocycles. The zero-order valence-corrected chi connectivity index (χ0v) is 9.46. The van der Waals surface area contributed by atoms with Crippen molar-refractivity contribution in [3.05, 3.63) is 53.6 Å². The largest absolute Gasteiger partial charge is 0.244 e. The van der Waals surface area contributed by atoms with Crippen molar-refractivity contribution in [1.29, 1.82) is 0 Å². The second-order valence-electron chi connectivity index (χ2n) is 3.23. The Hall–Kier alpha value is -2.08. The Morgan fingerprint density at radius 3 is 2.35 bits per heavy atom. The van der Waals surface area contributed by atoms with Crippen molar-refractivity contribution < 1.29 is 8.42 Å². The molecule has 0 aliphatic heterocycles. The molecule has 1 heterocycles. The van der Waals surface area contributed by atoms with Crippen LogP contribution >= 0.6 is 0 Å². The predicted octanol–water partition coefficient (Wildman–Crippen LogP) is 2.31. The molecule has 86 valence electrons. The van der Waals surface area contributed by atoms with Crippen LogP contribution in [0.3, 0.4) is 0 Å². The molecule has 0 aliphatic rings. The molecule has 0 N–H and O–H groups in total. The number of rotatable bonds is 3. The molecule has 0 aliphatic carbocycles. The average molecular weight is 248 g/mol. The van der Waals surface area contributed by atoms with Gasteiger partial charge in [0.25, 0.3) is 0 Å². The minimum atomic E-state index is -3.79. The van der Waals surface area contributed by atoms with Crippen LogP contribution in [0.4, 0.5) is 5.69 Å². The summed E-state index contributed by atoms with van der Waals surface area (Å²) in [4.78, 5) is 14.2. The number of sulfone groups is 1. The summed E-state index contributed by atoms with van der Waals surface area (Å²) in [5.74, 6) is 0. The highest BCUT2D eigenvalue weighted by Crippen LogP contribution is 2.27. The van der Waals surface area contributed by atoms with Crippen LogP contribution in [0.1, 0.15) is 0 Å². The highest BCUT2D eigenvalue weighted by Gasteiger charge is 2.22. The molecule has 2 rings (SSSR count). The average Bonchev–Trinajstić information content (AvgIpc) is 2.39. The van der Waals surface area contributed by atoms with Gasteiger partial charge in [0.15, 0.2) is 5.03 Å². The van der Waals surface area contributed by atoms with Gasteiger partial charge in [0.05, 0.1) is 0 Å². The Labute approximate surface area is 98.0 Å². The molecular formula is C11H8N2O3S. The third-order valence-corrected chi connectivity index (χ3v) is 3.88. The fraction of sp³-hybridized carbons (Fsp3) is 0. The van der Waals surface area contributed by atoms with Crippen LogP contribution in [-0.4, -0.2) is 13.4 Å². The van der Waals surface area contributed by atoms with Crippen LogP contribution < -0.4 is 0 Å². The highest BCUT2D eigenvalue weighted by molar-refractivity contribution is 7.91. The fourth-order valence-electron chi connectivity index (χ4n) is 1.38. The number of hydrogen-bond donors (Lipinski definition) is 0. The minimum absolute atomic E-state index is 0.101. The van der Waals surface area contributed by atoms with Gasteiger partial charge in [0.2, 0.25) is 9.84 Å². The van der Waals surface area contributed by atoms with Gasteiger partial charge in [-0.1, -0.05) is 18.2 Å². The van der Waals surface area contributed by atoms with Gasteiger partial charge < -0.3 is 0 Å². The molecule has 0 amide bonds. The lowest BCUT2D eigenvalue weighted by atomic mass is 10.3. The van der Waals surface area contributed by atoms with Crippen molar-refractivity contribution in [2.24, 2.45) is 5.18 Å². The molecule has 6 heteroatoms. The normalized spacial score (nSPS) is 11.1. The molecule has 2 aromatic rings. The van der Waals surface area contributed by atoms with E-state index in [0.717, 1.165) is 0 Å². The zero-order chi connectivity index (χ0) is 12.3. The van der Waals surface area contributed by atoms with Gasteiger partial charge in [-0.3, -0.25) is 0 Å². The SMILES string of the molecule is O=Nc1ccccc1S(=O)(=O)c1ccccn1. The van der Waals surface area contributed by atoms with Crippen LogP contribution in [0.25, 0.3) is 0 Å². The van der Waals surface area contributed by atoms with Gasteiger partial charge >= 0.3 is 0 Å². The molecule has 0 fully saturated rings. The molecule has 0 saturated carbocycles. The first-order valence-corrected chi connectivity index (χ1v) is 6.23. The summed E-state index contributed by atoms with van der Waals surface area (Å²) in [5.41, 5.74) is -0.113. The lowest BCUT2D eigenvalue weighted by Crippen LogP contribution is -2.04. The van der Waals surface area contributed by atoms with Gasteiger partial charge in [-0.2, -0.15) is 0 Å². The first kappa shape index (κ1) is 11.4. The topological polar surface area (TPSA) is 76.5 Å². The summed E-state index contributed by atoms with van der Waals surface area (Å²) in [6.45, 7) is 0. The molecule has 0 atom stereocenters. The van der Waals surface area contributed by atoms with E-state index in [1.807, 2.05) is 0 Å². The molecule has 0 radical (unpaired) electrons. The van der Waals surface area contributed by atoms with E-state index in [0.29, 0.717) is 0 Å². The summed E-state index contributed by atoms with van der Waals surface area (Å²) in [5, 5.41) is 2.60. The quantitative estimate of drug-likeness (QED) is 0.781. The van der Waals surface area contributed by atoms with Crippen molar-refractivity contribution in [1.82, 2.24) is 4.98 Å². The van der Waals surface area contributed by atoms with E-state index in [4.69, 9.17) is 0 Å². The molecule has 5 nitrogen and oxygen atoms in total. The Kier molecular flexibility index (Phi) is 2.97. The molecule has 0 unspecified atom stereocenters. The van der Waals surface area contributed by atoms with E-state index in [9.17, 15) is 13.3 Å². The first-order valence-electron chi connectivity index (χ1n) is 4.75. The summed E-state index contributed by atoms with van der Waals surface area (Å²) in [6, 6.07) is 10.3. The third kappa shape index (κ3) is 2.07.